The Morgan fingerprint density at radius 1 is 1.08 bits per heavy atom. The molecule has 0 aliphatic rings. The number of hydrogen-bond donors (Lipinski definition) is 0. The minimum Gasteiger partial charge on any atom is -0.493 e. The van der Waals surface area contributed by atoms with Crippen molar-refractivity contribution in [1.82, 2.24) is 4.90 Å². The SMILES string of the molecule is CCCN(Cc1ccc(C#N)cc1)C(=O)c1ccc(OC)c(OC)c1. The minimum absolute atomic E-state index is 0.0628. The van der Waals surface area contributed by atoms with Crippen LogP contribution in [0, 0.1) is 11.3 Å². The van der Waals surface area contributed by atoms with Gasteiger partial charge in [-0.2, -0.15) is 5.26 Å². The summed E-state index contributed by atoms with van der Waals surface area (Å²) < 4.78 is 10.5. The summed E-state index contributed by atoms with van der Waals surface area (Å²) in [7, 11) is 3.11. The van der Waals surface area contributed by atoms with E-state index in [4.69, 9.17) is 14.7 Å². The summed E-state index contributed by atoms with van der Waals surface area (Å²) in [5.41, 5.74) is 2.15. The first kappa shape index (κ1) is 18.3. The molecule has 130 valence electrons. The molecule has 25 heavy (non-hydrogen) atoms. The number of ether oxygens (including phenoxy) is 2. The quantitative estimate of drug-likeness (QED) is 0.773. The number of methoxy groups -OCH3 is 2. The lowest BCUT2D eigenvalue weighted by atomic mass is 10.1. The lowest BCUT2D eigenvalue weighted by molar-refractivity contribution is 0.0742. The van der Waals surface area contributed by atoms with Crippen molar-refractivity contribution < 1.29 is 14.3 Å². The lowest BCUT2D eigenvalue weighted by Crippen LogP contribution is -2.31. The molecule has 0 aromatic heterocycles. The van der Waals surface area contributed by atoms with E-state index in [1.165, 1.54) is 0 Å². The third-order valence-corrected chi connectivity index (χ3v) is 3.87. The van der Waals surface area contributed by atoms with Crippen LogP contribution in [-0.2, 0) is 6.54 Å². The molecular weight excluding hydrogens is 316 g/mol. The number of hydrogen-bond acceptors (Lipinski definition) is 4. The van der Waals surface area contributed by atoms with Gasteiger partial charge in [0.25, 0.3) is 5.91 Å². The topological polar surface area (TPSA) is 62.6 Å². The Labute approximate surface area is 148 Å². The molecular formula is C20H22N2O3. The smallest absolute Gasteiger partial charge is 0.254 e. The second-order valence-corrected chi connectivity index (χ2v) is 5.61. The van der Waals surface area contributed by atoms with Gasteiger partial charge in [0, 0.05) is 18.7 Å². The first-order valence-corrected chi connectivity index (χ1v) is 8.13. The molecule has 0 fully saturated rings. The lowest BCUT2D eigenvalue weighted by Gasteiger charge is -2.23. The fourth-order valence-electron chi connectivity index (χ4n) is 2.58. The van der Waals surface area contributed by atoms with Gasteiger partial charge in [0.2, 0.25) is 0 Å². The van der Waals surface area contributed by atoms with Gasteiger partial charge in [-0.3, -0.25) is 4.79 Å². The largest absolute Gasteiger partial charge is 0.493 e. The maximum atomic E-state index is 12.9. The predicted octanol–water partition coefficient (Wildman–Crippen LogP) is 3.63. The molecule has 2 aromatic carbocycles. The van der Waals surface area contributed by atoms with E-state index in [9.17, 15) is 4.79 Å². The fourth-order valence-corrected chi connectivity index (χ4v) is 2.58. The van der Waals surface area contributed by atoms with Crippen molar-refractivity contribution in [3.63, 3.8) is 0 Å². The zero-order valence-electron chi connectivity index (χ0n) is 14.8. The van der Waals surface area contributed by atoms with Crippen LogP contribution in [0.15, 0.2) is 42.5 Å². The summed E-state index contributed by atoms with van der Waals surface area (Å²) in [6.45, 7) is 3.17. The predicted molar refractivity (Wildman–Crippen MR) is 95.7 cm³/mol. The van der Waals surface area contributed by atoms with Crippen LogP contribution in [0.4, 0.5) is 0 Å². The van der Waals surface area contributed by atoms with Gasteiger partial charge in [0.05, 0.1) is 25.9 Å². The third-order valence-electron chi connectivity index (χ3n) is 3.87. The second kappa shape index (κ2) is 8.74. The van der Waals surface area contributed by atoms with Crippen LogP contribution in [0.5, 0.6) is 11.5 Å². The number of carbonyl (C=O) groups excluding carboxylic acids is 1. The van der Waals surface area contributed by atoms with Crippen LogP contribution in [0.2, 0.25) is 0 Å². The van der Waals surface area contributed by atoms with E-state index < -0.39 is 0 Å². The molecule has 0 aliphatic carbocycles. The van der Waals surface area contributed by atoms with Crippen LogP contribution in [0.1, 0.15) is 34.8 Å². The van der Waals surface area contributed by atoms with Gasteiger partial charge < -0.3 is 14.4 Å². The van der Waals surface area contributed by atoms with Crippen molar-refractivity contribution in [2.75, 3.05) is 20.8 Å². The van der Waals surface area contributed by atoms with Crippen LogP contribution >= 0.6 is 0 Å². The number of nitriles is 1. The Kier molecular flexibility index (Phi) is 6.41. The highest BCUT2D eigenvalue weighted by atomic mass is 16.5. The average Bonchev–Trinajstić information content (AvgIpc) is 2.67. The van der Waals surface area contributed by atoms with E-state index in [1.54, 1.807) is 49.5 Å². The molecule has 0 heterocycles. The van der Waals surface area contributed by atoms with Gasteiger partial charge in [-0.25, -0.2) is 0 Å². The monoisotopic (exact) mass is 338 g/mol. The minimum atomic E-state index is -0.0628. The Morgan fingerprint density at radius 2 is 1.76 bits per heavy atom. The molecule has 2 rings (SSSR count). The molecule has 0 saturated heterocycles. The summed E-state index contributed by atoms with van der Waals surface area (Å²) in [5, 5.41) is 8.89. The molecule has 1 amide bonds. The molecule has 0 unspecified atom stereocenters. The summed E-state index contributed by atoms with van der Waals surface area (Å²) >= 11 is 0. The van der Waals surface area contributed by atoms with Crippen molar-refractivity contribution in [3.8, 4) is 17.6 Å². The van der Waals surface area contributed by atoms with Crippen LogP contribution in [0.3, 0.4) is 0 Å². The highest BCUT2D eigenvalue weighted by Gasteiger charge is 2.17. The van der Waals surface area contributed by atoms with Crippen LogP contribution in [-0.4, -0.2) is 31.6 Å². The number of carbonyl (C=O) groups is 1. The van der Waals surface area contributed by atoms with Crippen molar-refractivity contribution >= 4 is 5.91 Å². The van der Waals surface area contributed by atoms with Crippen LogP contribution < -0.4 is 9.47 Å². The molecule has 0 aliphatic heterocycles. The number of nitrogens with zero attached hydrogens (tertiary/aromatic N) is 2. The van der Waals surface area contributed by atoms with Gasteiger partial charge >= 0.3 is 0 Å². The summed E-state index contributed by atoms with van der Waals surface area (Å²) in [6.07, 6.45) is 0.856. The molecule has 5 heteroatoms. The zero-order valence-corrected chi connectivity index (χ0v) is 14.8. The van der Waals surface area contributed by atoms with E-state index in [-0.39, 0.29) is 5.91 Å². The van der Waals surface area contributed by atoms with Crippen molar-refractivity contribution in [2.45, 2.75) is 19.9 Å². The highest BCUT2D eigenvalue weighted by Crippen LogP contribution is 2.28. The van der Waals surface area contributed by atoms with Crippen molar-refractivity contribution in [1.29, 1.82) is 5.26 Å². The normalized spacial score (nSPS) is 10.0. The maximum absolute atomic E-state index is 12.9. The van der Waals surface area contributed by atoms with E-state index >= 15 is 0 Å². The molecule has 2 aromatic rings. The average molecular weight is 338 g/mol. The van der Waals surface area contributed by atoms with E-state index in [1.807, 2.05) is 19.1 Å². The molecule has 0 saturated carbocycles. The first-order valence-electron chi connectivity index (χ1n) is 8.13. The Hall–Kier alpha value is -3.00. The van der Waals surface area contributed by atoms with E-state index in [0.29, 0.717) is 35.7 Å². The van der Waals surface area contributed by atoms with Gasteiger partial charge in [-0.1, -0.05) is 19.1 Å². The molecule has 5 nitrogen and oxygen atoms in total. The van der Waals surface area contributed by atoms with E-state index in [0.717, 1.165) is 12.0 Å². The standard InChI is InChI=1S/C20H22N2O3/c1-4-11-22(14-16-7-5-15(13-21)6-8-16)20(23)17-9-10-18(24-2)19(12-17)25-3/h5-10,12H,4,11,14H2,1-3H3. The van der Waals surface area contributed by atoms with Gasteiger partial charge in [-0.05, 0) is 42.3 Å². The summed E-state index contributed by atoms with van der Waals surface area (Å²) in [4.78, 5) is 14.7. The zero-order chi connectivity index (χ0) is 18.2. The van der Waals surface area contributed by atoms with Crippen molar-refractivity contribution in [2.24, 2.45) is 0 Å². The Bertz CT molecular complexity index is 764. The number of rotatable bonds is 7. The molecule has 0 bridgehead atoms. The number of amides is 1. The van der Waals surface area contributed by atoms with Gasteiger partial charge in [0.1, 0.15) is 0 Å². The highest BCUT2D eigenvalue weighted by molar-refractivity contribution is 5.95. The summed E-state index contributed by atoms with van der Waals surface area (Å²) in [5.74, 6) is 1.06. The molecule has 0 N–H and O–H groups in total. The summed E-state index contributed by atoms with van der Waals surface area (Å²) in [6, 6.07) is 14.6. The first-order chi connectivity index (χ1) is 12.1. The third kappa shape index (κ3) is 4.51. The fraction of sp³-hybridized carbons (Fsp3) is 0.300. The molecule has 0 atom stereocenters. The maximum Gasteiger partial charge on any atom is 0.254 e. The van der Waals surface area contributed by atoms with Gasteiger partial charge in [0.15, 0.2) is 11.5 Å². The molecule has 0 spiro atoms. The Balaban J connectivity index is 2.23. The molecule has 0 radical (unpaired) electrons. The van der Waals surface area contributed by atoms with Crippen LogP contribution in [0.25, 0.3) is 0 Å². The van der Waals surface area contributed by atoms with E-state index in [2.05, 4.69) is 6.07 Å². The Morgan fingerprint density at radius 3 is 2.32 bits per heavy atom. The number of benzene rings is 2. The van der Waals surface area contributed by atoms with Gasteiger partial charge in [-0.15, -0.1) is 0 Å². The van der Waals surface area contributed by atoms with Crippen molar-refractivity contribution in [3.05, 3.63) is 59.2 Å². The second-order valence-electron chi connectivity index (χ2n) is 5.61.